The highest BCUT2D eigenvalue weighted by Crippen LogP contribution is 2.25. The number of methoxy groups -OCH3 is 1. The molecule has 5 amide bonds. The van der Waals surface area contributed by atoms with Gasteiger partial charge in [-0.3, -0.25) is 19.3 Å². The highest BCUT2D eigenvalue weighted by atomic mass is 16.5. The number of piperazine rings is 1. The Morgan fingerprint density at radius 1 is 1.18 bits per heavy atom. The molecule has 2 aliphatic rings. The number of carbonyl (C=O) groups excluding carboxylic acids is 4. The number of pyridine rings is 1. The molecule has 13 nitrogen and oxygen atoms in total. The zero-order chi connectivity index (χ0) is 28.3. The lowest BCUT2D eigenvalue weighted by Gasteiger charge is -2.33. The number of fused-ring (bicyclic) bond motifs is 1. The maximum absolute atomic E-state index is 13.5. The molecule has 0 bridgehead atoms. The lowest BCUT2D eigenvalue weighted by atomic mass is 9.50. The Morgan fingerprint density at radius 2 is 1.95 bits per heavy atom. The van der Waals surface area contributed by atoms with Gasteiger partial charge in [-0.05, 0) is 42.9 Å². The number of nitrogens with one attached hydrogen (secondary N) is 2. The van der Waals surface area contributed by atoms with Crippen LogP contribution in [0, 0.1) is 0 Å². The summed E-state index contributed by atoms with van der Waals surface area (Å²) in [5.74, 6) is -4.12. The van der Waals surface area contributed by atoms with Crippen molar-refractivity contribution >= 4 is 36.6 Å². The Kier molecular flexibility index (Phi) is 8.14. The van der Waals surface area contributed by atoms with Gasteiger partial charge in [0, 0.05) is 43.4 Å². The fourth-order valence-electron chi connectivity index (χ4n) is 4.76. The predicted molar refractivity (Wildman–Crippen MR) is 137 cm³/mol. The second-order valence-electron chi connectivity index (χ2n) is 9.20. The number of carboxylic acids is 1. The summed E-state index contributed by atoms with van der Waals surface area (Å²) in [6, 6.07) is 5.54. The van der Waals surface area contributed by atoms with Gasteiger partial charge in [0.25, 0.3) is 0 Å². The zero-order valence-electron chi connectivity index (χ0n) is 21.4. The van der Waals surface area contributed by atoms with Crippen molar-refractivity contribution in [2.24, 2.45) is 0 Å². The van der Waals surface area contributed by atoms with Gasteiger partial charge >= 0.3 is 30.7 Å². The molecule has 39 heavy (non-hydrogen) atoms. The molecule has 2 atom stereocenters. The summed E-state index contributed by atoms with van der Waals surface area (Å²) < 4.78 is 5.06. The van der Waals surface area contributed by atoms with Crippen molar-refractivity contribution in [3.8, 4) is 5.88 Å². The van der Waals surface area contributed by atoms with Crippen molar-refractivity contribution in [1.29, 1.82) is 0 Å². The molecule has 3 heterocycles. The molecule has 1 saturated heterocycles. The van der Waals surface area contributed by atoms with Gasteiger partial charge in [0.15, 0.2) is 0 Å². The average Bonchev–Trinajstić information content (AvgIpc) is 2.93. The van der Waals surface area contributed by atoms with Crippen LogP contribution >= 0.6 is 0 Å². The number of nitrogens with zero attached hydrogens (tertiary/aromatic N) is 3. The van der Waals surface area contributed by atoms with Crippen molar-refractivity contribution in [1.82, 2.24) is 25.4 Å². The number of amides is 5. The summed E-state index contributed by atoms with van der Waals surface area (Å²) in [6.07, 6.45) is 1.51. The largest absolute Gasteiger partial charge is 0.481 e. The summed E-state index contributed by atoms with van der Waals surface area (Å²) in [5, 5.41) is 25.5. The number of urea groups is 1. The highest BCUT2D eigenvalue weighted by Gasteiger charge is 2.39. The van der Waals surface area contributed by atoms with E-state index >= 15 is 0 Å². The van der Waals surface area contributed by atoms with Gasteiger partial charge in [0.1, 0.15) is 6.04 Å². The van der Waals surface area contributed by atoms with Crippen LogP contribution in [-0.2, 0) is 27.1 Å². The summed E-state index contributed by atoms with van der Waals surface area (Å²) in [6.45, 7) is 1.08. The summed E-state index contributed by atoms with van der Waals surface area (Å²) in [4.78, 5) is 69.1. The van der Waals surface area contributed by atoms with E-state index in [9.17, 15) is 34.1 Å². The van der Waals surface area contributed by atoms with E-state index in [0.29, 0.717) is 17.7 Å². The number of ether oxygens (including phenoxy) is 1. The van der Waals surface area contributed by atoms with Crippen molar-refractivity contribution in [2.75, 3.05) is 26.7 Å². The first-order chi connectivity index (χ1) is 18.6. The third-order valence-electron chi connectivity index (χ3n) is 6.92. The number of aromatic nitrogens is 1. The third-order valence-corrected chi connectivity index (χ3v) is 6.92. The second-order valence-corrected chi connectivity index (χ2v) is 9.20. The van der Waals surface area contributed by atoms with E-state index in [1.54, 1.807) is 19.1 Å². The quantitative estimate of drug-likeness (QED) is 0.270. The summed E-state index contributed by atoms with van der Waals surface area (Å²) >= 11 is 0. The van der Waals surface area contributed by atoms with E-state index in [1.807, 2.05) is 0 Å². The number of likely N-dealkylation sites (N-methyl/N-ethyl adjacent to an activating group) is 1. The minimum atomic E-state index is -1.33. The van der Waals surface area contributed by atoms with Gasteiger partial charge in [0.2, 0.25) is 11.8 Å². The highest BCUT2D eigenvalue weighted by molar-refractivity contribution is 6.52. The molecule has 14 heteroatoms. The van der Waals surface area contributed by atoms with Gasteiger partial charge in [-0.15, -0.1) is 0 Å². The van der Waals surface area contributed by atoms with Crippen LogP contribution in [0.25, 0.3) is 0 Å². The van der Waals surface area contributed by atoms with E-state index in [2.05, 4.69) is 15.6 Å². The first-order valence-corrected chi connectivity index (χ1v) is 12.4. The van der Waals surface area contributed by atoms with Crippen LogP contribution in [0.1, 0.15) is 40.0 Å². The topological polar surface area (TPSA) is 178 Å². The molecule has 0 saturated carbocycles. The maximum atomic E-state index is 13.5. The molecule has 1 unspecified atom stereocenters. The molecular formula is C25H28BN5O8. The molecule has 4 N–H and O–H groups in total. The number of hydrogen-bond acceptors (Lipinski definition) is 8. The van der Waals surface area contributed by atoms with Crippen LogP contribution in [0.2, 0.25) is 0 Å². The number of carboxylic acid groups (broad SMARTS) is 1. The van der Waals surface area contributed by atoms with E-state index in [1.165, 1.54) is 36.4 Å². The first kappa shape index (κ1) is 27.6. The molecule has 204 valence electrons. The smallest absolute Gasteiger partial charge is 0.335 e. The van der Waals surface area contributed by atoms with Gasteiger partial charge in [-0.2, -0.15) is 0 Å². The summed E-state index contributed by atoms with van der Waals surface area (Å²) in [7, 11) is 1.42. The van der Waals surface area contributed by atoms with E-state index in [4.69, 9.17) is 4.74 Å². The molecular weight excluding hydrogens is 509 g/mol. The van der Waals surface area contributed by atoms with Crippen LogP contribution in [0.3, 0.4) is 0 Å². The van der Waals surface area contributed by atoms with E-state index in [0.717, 1.165) is 4.90 Å². The number of aromatic carboxylic acids is 1. The Bertz CT molecular complexity index is 1300. The molecule has 1 aromatic heterocycles. The van der Waals surface area contributed by atoms with Crippen molar-refractivity contribution in [3.63, 3.8) is 0 Å². The minimum absolute atomic E-state index is 0.0161. The van der Waals surface area contributed by atoms with E-state index < -0.39 is 48.6 Å². The number of imide groups is 1. The Morgan fingerprint density at radius 3 is 2.59 bits per heavy atom. The van der Waals surface area contributed by atoms with Crippen LogP contribution in [0.4, 0.5) is 4.79 Å². The van der Waals surface area contributed by atoms with Crippen molar-refractivity contribution in [3.05, 3.63) is 58.8 Å². The van der Waals surface area contributed by atoms with Gasteiger partial charge in [-0.25, -0.2) is 14.6 Å². The van der Waals surface area contributed by atoms with Crippen LogP contribution in [0.15, 0.2) is 36.5 Å². The van der Waals surface area contributed by atoms with Crippen molar-refractivity contribution < 1.29 is 38.8 Å². The summed E-state index contributed by atoms with van der Waals surface area (Å²) in [5.41, 5.74) is 1.54. The molecule has 0 spiro atoms. The van der Waals surface area contributed by atoms with Crippen LogP contribution in [-0.4, -0.2) is 94.2 Å². The van der Waals surface area contributed by atoms with Gasteiger partial charge in [-0.1, -0.05) is 12.1 Å². The SMILES string of the molecule is CCN1CCN(C(=O)NC(C(=O)N[C@H]2Cc3cccc(C(=O)O)c3CB2O)c2ccc(OC)nc2)C(=O)C1=O. The molecule has 0 aliphatic carbocycles. The van der Waals surface area contributed by atoms with Crippen LogP contribution < -0.4 is 15.4 Å². The first-order valence-electron chi connectivity index (χ1n) is 12.4. The number of benzene rings is 1. The van der Waals surface area contributed by atoms with E-state index in [-0.39, 0.29) is 42.8 Å². The molecule has 0 radical (unpaired) electrons. The normalized spacial score (nSPS) is 17.8. The fraction of sp³-hybridized carbons (Fsp3) is 0.360. The minimum Gasteiger partial charge on any atom is -0.481 e. The van der Waals surface area contributed by atoms with Gasteiger partial charge < -0.3 is 30.4 Å². The average molecular weight is 537 g/mol. The molecule has 1 aromatic carbocycles. The second kappa shape index (κ2) is 11.5. The zero-order valence-corrected chi connectivity index (χ0v) is 21.4. The number of rotatable bonds is 7. The predicted octanol–water partition coefficient (Wildman–Crippen LogP) is -0.424. The fourth-order valence-corrected chi connectivity index (χ4v) is 4.76. The monoisotopic (exact) mass is 537 g/mol. The Hall–Kier alpha value is -4.46. The molecule has 1 fully saturated rings. The maximum Gasteiger partial charge on any atom is 0.335 e. The number of hydrogen-bond donors (Lipinski definition) is 4. The Balaban J connectivity index is 1.56. The lowest BCUT2D eigenvalue weighted by molar-refractivity contribution is -0.153. The molecule has 4 rings (SSSR count). The van der Waals surface area contributed by atoms with Crippen molar-refractivity contribution in [2.45, 2.75) is 31.6 Å². The lowest BCUT2D eigenvalue weighted by Crippen LogP contribution is -2.59. The molecule has 2 aliphatic heterocycles. The van der Waals surface area contributed by atoms with Gasteiger partial charge in [0.05, 0.1) is 12.7 Å². The molecule has 2 aromatic rings. The third kappa shape index (κ3) is 5.70. The van der Waals surface area contributed by atoms with Crippen LogP contribution in [0.5, 0.6) is 5.88 Å². The standard InChI is InChI=1S/C25H28BN5O8/c1-3-30-9-10-31(23(34)22(30)33)25(37)29-20(15-7-8-19(39-2)27-13-15)21(32)28-18-11-14-5-4-6-16(24(35)36)17(14)12-26(18)38/h4-8,13,18,20,38H,3,9-12H2,1-2H3,(H,28,32)(H,29,37)(H,35,36)/t18-,20?/m0/s1. The number of carbonyl (C=O) groups is 5. The Labute approximate surface area is 224 Å².